The van der Waals surface area contributed by atoms with Gasteiger partial charge in [-0.3, -0.25) is 0 Å². The van der Waals surface area contributed by atoms with Crippen LogP contribution >= 0.6 is 27.3 Å². The van der Waals surface area contributed by atoms with Crippen molar-refractivity contribution in [3.8, 4) is 0 Å². The van der Waals surface area contributed by atoms with Gasteiger partial charge in [0, 0.05) is 21.7 Å². The Labute approximate surface area is 110 Å². The Bertz CT molecular complexity index is 516. The molecule has 1 heterocycles. The molecule has 17 heavy (non-hydrogen) atoms. The molecule has 0 bridgehead atoms. The number of benzene rings is 1. The number of carboxylic acids is 1. The third-order valence-corrected chi connectivity index (χ3v) is 3.65. The van der Waals surface area contributed by atoms with Crippen LogP contribution in [0.1, 0.15) is 11.0 Å². The van der Waals surface area contributed by atoms with E-state index in [-0.39, 0.29) is 0 Å². The molecule has 2 rings (SSSR count). The van der Waals surface area contributed by atoms with Gasteiger partial charge in [0.2, 0.25) is 0 Å². The van der Waals surface area contributed by atoms with Crippen LogP contribution in [0.5, 0.6) is 0 Å². The number of aromatic nitrogens is 1. The maximum Gasteiger partial charge on any atom is 0.333 e. The van der Waals surface area contributed by atoms with Crippen molar-refractivity contribution in [3.05, 3.63) is 45.3 Å². The number of carbonyl (C=O) groups is 1. The van der Waals surface area contributed by atoms with Crippen molar-refractivity contribution in [1.82, 2.24) is 4.98 Å². The maximum atomic E-state index is 11.2. The quantitative estimate of drug-likeness (QED) is 0.910. The van der Waals surface area contributed by atoms with Gasteiger partial charge in [-0.15, -0.1) is 11.3 Å². The second-order valence-electron chi connectivity index (χ2n) is 3.27. The molecule has 0 aliphatic rings. The fraction of sp³-hybridized carbons (Fsp3) is 0.0909. The highest BCUT2D eigenvalue weighted by Gasteiger charge is 2.22. The first-order valence-electron chi connectivity index (χ1n) is 4.82. The summed E-state index contributed by atoms with van der Waals surface area (Å²) in [6, 6.07) is 6.55. The average molecular weight is 313 g/mol. The van der Waals surface area contributed by atoms with Gasteiger partial charge in [0.05, 0.1) is 0 Å². The topological polar surface area (TPSA) is 62.2 Å². The minimum Gasteiger partial charge on any atom is -0.479 e. The molecule has 6 heteroatoms. The molecule has 2 N–H and O–H groups in total. The van der Waals surface area contributed by atoms with Gasteiger partial charge in [0.1, 0.15) is 5.01 Å². The number of aliphatic carboxylic acids is 1. The number of carboxylic acid groups (broad SMARTS) is 1. The van der Waals surface area contributed by atoms with Gasteiger partial charge in [-0.05, 0) is 28.1 Å². The van der Waals surface area contributed by atoms with Crippen LogP contribution < -0.4 is 5.32 Å². The molecule has 0 saturated heterocycles. The standard InChI is InChI=1S/C11H9BrN2O2S/c12-7-3-1-2-4-8(7)14-9(11(15)16)10-13-5-6-17-10/h1-6,9,14H,(H,15,16). The lowest BCUT2D eigenvalue weighted by Gasteiger charge is -2.14. The number of hydrogen-bond donors (Lipinski definition) is 2. The predicted molar refractivity (Wildman–Crippen MR) is 70.3 cm³/mol. The SMILES string of the molecule is O=C(O)C(Nc1ccccc1Br)c1nccs1. The molecule has 1 aromatic carbocycles. The van der Waals surface area contributed by atoms with E-state index >= 15 is 0 Å². The molecule has 0 radical (unpaired) electrons. The summed E-state index contributed by atoms with van der Waals surface area (Å²) >= 11 is 4.68. The molecular weight excluding hydrogens is 304 g/mol. The van der Waals surface area contributed by atoms with Gasteiger partial charge in [0.25, 0.3) is 0 Å². The van der Waals surface area contributed by atoms with Crippen LogP contribution in [0.3, 0.4) is 0 Å². The van der Waals surface area contributed by atoms with Crippen LogP contribution in [0.4, 0.5) is 5.69 Å². The van der Waals surface area contributed by atoms with Crippen molar-refractivity contribution in [3.63, 3.8) is 0 Å². The maximum absolute atomic E-state index is 11.2. The van der Waals surface area contributed by atoms with Crippen molar-refractivity contribution < 1.29 is 9.90 Å². The fourth-order valence-electron chi connectivity index (χ4n) is 1.34. The zero-order chi connectivity index (χ0) is 12.3. The molecule has 0 spiro atoms. The van der Waals surface area contributed by atoms with Gasteiger partial charge in [-0.2, -0.15) is 0 Å². The molecule has 1 aromatic heterocycles. The summed E-state index contributed by atoms with van der Waals surface area (Å²) in [5, 5.41) is 14.4. The Morgan fingerprint density at radius 3 is 2.82 bits per heavy atom. The monoisotopic (exact) mass is 312 g/mol. The predicted octanol–water partition coefficient (Wildman–Crippen LogP) is 3.14. The van der Waals surface area contributed by atoms with Gasteiger partial charge >= 0.3 is 5.97 Å². The van der Waals surface area contributed by atoms with Crippen molar-refractivity contribution in [2.75, 3.05) is 5.32 Å². The highest BCUT2D eigenvalue weighted by molar-refractivity contribution is 9.10. The summed E-state index contributed by atoms with van der Waals surface area (Å²) in [6.45, 7) is 0. The van der Waals surface area contributed by atoms with E-state index in [0.717, 1.165) is 10.2 Å². The Morgan fingerprint density at radius 2 is 2.24 bits per heavy atom. The zero-order valence-electron chi connectivity index (χ0n) is 8.63. The van der Waals surface area contributed by atoms with E-state index in [1.54, 1.807) is 11.6 Å². The van der Waals surface area contributed by atoms with E-state index < -0.39 is 12.0 Å². The van der Waals surface area contributed by atoms with Crippen LogP contribution in [-0.2, 0) is 4.79 Å². The molecular formula is C11H9BrN2O2S. The third kappa shape index (κ3) is 2.83. The lowest BCUT2D eigenvalue weighted by Crippen LogP contribution is -2.20. The van der Waals surface area contributed by atoms with E-state index in [1.807, 2.05) is 24.3 Å². The van der Waals surface area contributed by atoms with E-state index in [9.17, 15) is 9.90 Å². The van der Waals surface area contributed by atoms with Crippen molar-refractivity contribution in [1.29, 1.82) is 0 Å². The highest BCUT2D eigenvalue weighted by atomic mass is 79.9. The molecule has 88 valence electrons. The average Bonchev–Trinajstić information content (AvgIpc) is 2.81. The number of nitrogens with one attached hydrogen (secondary N) is 1. The van der Waals surface area contributed by atoms with Gasteiger partial charge in [-0.1, -0.05) is 12.1 Å². The van der Waals surface area contributed by atoms with Crippen LogP contribution in [-0.4, -0.2) is 16.1 Å². The molecule has 4 nitrogen and oxygen atoms in total. The van der Waals surface area contributed by atoms with E-state index in [4.69, 9.17) is 0 Å². The summed E-state index contributed by atoms with van der Waals surface area (Å²) in [7, 11) is 0. The van der Waals surface area contributed by atoms with E-state index in [1.165, 1.54) is 11.3 Å². The molecule has 0 fully saturated rings. The van der Waals surface area contributed by atoms with Crippen molar-refractivity contribution in [2.24, 2.45) is 0 Å². The summed E-state index contributed by atoms with van der Waals surface area (Å²) < 4.78 is 0.822. The third-order valence-electron chi connectivity index (χ3n) is 2.12. The van der Waals surface area contributed by atoms with Crippen LogP contribution in [0.2, 0.25) is 0 Å². The number of rotatable bonds is 4. The summed E-state index contributed by atoms with van der Waals surface area (Å²) in [5.74, 6) is -0.948. The van der Waals surface area contributed by atoms with E-state index in [2.05, 4.69) is 26.2 Å². The first kappa shape index (κ1) is 12.1. The van der Waals surface area contributed by atoms with Gasteiger partial charge in [-0.25, -0.2) is 9.78 Å². The largest absolute Gasteiger partial charge is 0.479 e. The van der Waals surface area contributed by atoms with Gasteiger partial charge in [0.15, 0.2) is 6.04 Å². The number of hydrogen-bond acceptors (Lipinski definition) is 4. The Balaban J connectivity index is 2.26. The number of para-hydroxylation sites is 1. The molecule has 1 unspecified atom stereocenters. The second-order valence-corrected chi connectivity index (χ2v) is 5.05. The minimum atomic E-state index is -0.948. The van der Waals surface area contributed by atoms with Crippen molar-refractivity contribution >= 4 is 38.9 Å². The molecule has 0 aliphatic heterocycles. The first-order valence-corrected chi connectivity index (χ1v) is 6.49. The Kier molecular flexibility index (Phi) is 3.75. The fourth-order valence-corrected chi connectivity index (χ4v) is 2.42. The summed E-state index contributed by atoms with van der Waals surface area (Å²) in [5.41, 5.74) is 0.732. The molecule has 1 atom stereocenters. The zero-order valence-corrected chi connectivity index (χ0v) is 11.0. The molecule has 0 saturated carbocycles. The van der Waals surface area contributed by atoms with Crippen LogP contribution in [0, 0.1) is 0 Å². The number of nitrogens with zero attached hydrogens (tertiary/aromatic N) is 1. The number of thiazole rings is 1. The summed E-state index contributed by atoms with van der Waals surface area (Å²) in [6.07, 6.45) is 1.59. The molecule has 0 aliphatic carbocycles. The smallest absolute Gasteiger partial charge is 0.333 e. The lowest BCUT2D eigenvalue weighted by molar-refractivity contribution is -0.138. The highest BCUT2D eigenvalue weighted by Crippen LogP contribution is 2.27. The minimum absolute atomic E-state index is 0.535. The summed E-state index contributed by atoms with van der Waals surface area (Å²) in [4.78, 5) is 15.2. The lowest BCUT2D eigenvalue weighted by atomic mass is 10.2. The van der Waals surface area contributed by atoms with Crippen LogP contribution in [0.25, 0.3) is 0 Å². The Morgan fingerprint density at radius 1 is 1.47 bits per heavy atom. The van der Waals surface area contributed by atoms with Gasteiger partial charge < -0.3 is 10.4 Å². The normalized spacial score (nSPS) is 12.1. The van der Waals surface area contributed by atoms with Crippen molar-refractivity contribution in [2.45, 2.75) is 6.04 Å². The molecule has 2 aromatic rings. The Hall–Kier alpha value is -1.40. The number of halogens is 1. The number of anilines is 1. The van der Waals surface area contributed by atoms with E-state index in [0.29, 0.717) is 5.01 Å². The molecule has 0 amide bonds. The first-order chi connectivity index (χ1) is 8.18. The second kappa shape index (κ2) is 5.29. The van der Waals surface area contributed by atoms with Crippen LogP contribution in [0.15, 0.2) is 40.3 Å².